The lowest BCUT2D eigenvalue weighted by Gasteiger charge is -2.30. The molecule has 2 aliphatic rings. The number of amides is 1. The van der Waals surface area contributed by atoms with Gasteiger partial charge in [0.1, 0.15) is 11.5 Å². The second-order valence-corrected chi connectivity index (χ2v) is 8.60. The van der Waals surface area contributed by atoms with Crippen molar-refractivity contribution in [3.05, 3.63) is 59.2 Å². The highest BCUT2D eigenvalue weighted by molar-refractivity contribution is 5.94. The van der Waals surface area contributed by atoms with Crippen molar-refractivity contribution in [2.45, 2.75) is 31.3 Å². The van der Waals surface area contributed by atoms with Crippen LogP contribution in [0.25, 0.3) is 16.9 Å². The van der Waals surface area contributed by atoms with Crippen molar-refractivity contribution in [3.63, 3.8) is 0 Å². The molecule has 7 heteroatoms. The number of nitrogens with zero attached hydrogens (tertiary/aromatic N) is 3. The van der Waals surface area contributed by atoms with E-state index in [0.29, 0.717) is 35.8 Å². The van der Waals surface area contributed by atoms with E-state index in [0.717, 1.165) is 24.4 Å². The number of fused-ring (bicyclic) bond motifs is 1. The van der Waals surface area contributed by atoms with E-state index in [4.69, 9.17) is 9.72 Å². The van der Waals surface area contributed by atoms with Gasteiger partial charge in [-0.2, -0.15) is 0 Å². The van der Waals surface area contributed by atoms with Gasteiger partial charge in [-0.3, -0.25) is 4.79 Å². The number of halogens is 1. The predicted octanol–water partition coefficient (Wildman–Crippen LogP) is 3.25. The topological polar surface area (TPSA) is 58.9 Å². The van der Waals surface area contributed by atoms with Crippen LogP contribution in [0.2, 0.25) is 0 Å². The number of rotatable bonds is 5. The fourth-order valence-corrected chi connectivity index (χ4v) is 4.39. The summed E-state index contributed by atoms with van der Waals surface area (Å²) in [5.74, 6) is -0.143. The molecule has 0 spiro atoms. The third-order valence-electron chi connectivity index (χ3n) is 6.27. The second kappa shape index (κ2) is 8.05. The molecule has 6 nitrogen and oxygen atoms in total. The smallest absolute Gasteiger partial charge is 0.251 e. The van der Waals surface area contributed by atoms with Crippen molar-refractivity contribution in [2.24, 2.45) is 0 Å². The zero-order chi connectivity index (χ0) is 21.5. The summed E-state index contributed by atoms with van der Waals surface area (Å²) in [6, 6.07) is 8.85. The van der Waals surface area contributed by atoms with Crippen LogP contribution in [0.1, 0.15) is 40.4 Å². The number of carbonyl (C=O) groups is 1. The number of benzene rings is 1. The van der Waals surface area contributed by atoms with Crippen LogP contribution in [0.3, 0.4) is 0 Å². The van der Waals surface area contributed by atoms with Crippen LogP contribution in [0.15, 0.2) is 36.5 Å². The first kappa shape index (κ1) is 20.2. The van der Waals surface area contributed by atoms with Gasteiger partial charge in [-0.25, -0.2) is 9.37 Å². The van der Waals surface area contributed by atoms with Gasteiger partial charge in [0.25, 0.3) is 5.91 Å². The first-order chi connectivity index (χ1) is 15.0. The summed E-state index contributed by atoms with van der Waals surface area (Å²) in [7, 11) is 3.62. The third kappa shape index (κ3) is 3.95. The number of carbonyl (C=O) groups excluding carboxylic acids is 1. The van der Waals surface area contributed by atoms with Crippen LogP contribution in [0, 0.1) is 5.82 Å². The Kier molecular flexibility index (Phi) is 5.24. The molecule has 1 aromatic carbocycles. The summed E-state index contributed by atoms with van der Waals surface area (Å²) in [4.78, 5) is 19.0. The highest BCUT2D eigenvalue weighted by atomic mass is 19.1. The lowest BCUT2D eigenvalue weighted by molar-refractivity contribution is -0.0190. The van der Waals surface area contributed by atoms with E-state index >= 15 is 4.39 Å². The normalized spacial score (nSPS) is 19.6. The summed E-state index contributed by atoms with van der Waals surface area (Å²) >= 11 is 0. The predicted molar refractivity (Wildman–Crippen MR) is 117 cm³/mol. The van der Waals surface area contributed by atoms with Gasteiger partial charge in [0.15, 0.2) is 0 Å². The Morgan fingerprint density at radius 2 is 2.13 bits per heavy atom. The molecule has 1 amide bonds. The number of aromatic nitrogens is 2. The molecule has 5 rings (SSSR count). The molecule has 2 aromatic heterocycles. The Hall–Kier alpha value is -2.77. The fourth-order valence-electron chi connectivity index (χ4n) is 4.39. The SMILES string of the molecule is CNC(=O)c1ccc(-c2nc3cc(C4CC4)ccn3c2CC2CN(C)CCO2)c(F)c1. The van der Waals surface area contributed by atoms with Gasteiger partial charge < -0.3 is 19.4 Å². The van der Waals surface area contributed by atoms with Crippen LogP contribution in [0.5, 0.6) is 0 Å². The molecule has 0 radical (unpaired) electrons. The summed E-state index contributed by atoms with van der Waals surface area (Å²) in [5.41, 5.74) is 4.37. The molecule has 162 valence electrons. The van der Waals surface area contributed by atoms with Gasteiger partial charge in [0.2, 0.25) is 0 Å². The lowest BCUT2D eigenvalue weighted by Crippen LogP contribution is -2.41. The van der Waals surface area contributed by atoms with Crippen molar-refractivity contribution in [1.29, 1.82) is 0 Å². The minimum atomic E-state index is -0.449. The molecule has 1 unspecified atom stereocenters. The van der Waals surface area contributed by atoms with E-state index in [1.807, 2.05) is 0 Å². The summed E-state index contributed by atoms with van der Waals surface area (Å²) in [6.07, 6.45) is 5.15. The molecule has 0 bridgehead atoms. The number of nitrogens with one attached hydrogen (secondary N) is 1. The third-order valence-corrected chi connectivity index (χ3v) is 6.27. The first-order valence-electron chi connectivity index (χ1n) is 10.9. The van der Waals surface area contributed by atoms with Crippen LogP contribution in [-0.2, 0) is 11.2 Å². The number of ether oxygens (including phenoxy) is 1. The standard InChI is InChI=1S/C24H27FN4O2/c1-26-24(30)17-5-6-19(20(25)11-17)23-21(13-18-14-28(2)9-10-31-18)29-8-7-16(15-3-4-15)12-22(29)27-23/h5-8,11-12,15,18H,3-4,9-10,13-14H2,1-2H3,(H,26,30). The molecule has 3 aromatic rings. The Balaban J connectivity index is 1.59. The van der Waals surface area contributed by atoms with E-state index in [-0.39, 0.29) is 12.0 Å². The Bertz CT molecular complexity index is 1140. The van der Waals surface area contributed by atoms with Crippen LogP contribution < -0.4 is 5.32 Å². The zero-order valence-electron chi connectivity index (χ0n) is 17.9. The summed E-state index contributed by atoms with van der Waals surface area (Å²) in [5, 5.41) is 2.54. The fraction of sp³-hybridized carbons (Fsp3) is 0.417. The maximum absolute atomic E-state index is 15.1. The average Bonchev–Trinajstić information content (AvgIpc) is 3.56. The minimum Gasteiger partial charge on any atom is -0.375 e. The first-order valence-corrected chi connectivity index (χ1v) is 10.9. The van der Waals surface area contributed by atoms with Gasteiger partial charge in [0.05, 0.1) is 24.1 Å². The molecule has 3 heterocycles. The molecule has 1 N–H and O–H groups in total. The number of imidazole rings is 1. The maximum atomic E-state index is 15.1. The van der Waals surface area contributed by atoms with Crippen molar-refractivity contribution in [2.75, 3.05) is 33.8 Å². The molecule has 1 aliphatic carbocycles. The van der Waals surface area contributed by atoms with Crippen molar-refractivity contribution in [1.82, 2.24) is 19.6 Å². The van der Waals surface area contributed by atoms with Crippen molar-refractivity contribution < 1.29 is 13.9 Å². The number of likely N-dealkylation sites (N-methyl/N-ethyl adjacent to an activating group) is 1. The van der Waals surface area contributed by atoms with E-state index < -0.39 is 5.82 Å². The largest absolute Gasteiger partial charge is 0.375 e. The molecule has 1 aliphatic heterocycles. The van der Waals surface area contributed by atoms with Gasteiger partial charge >= 0.3 is 0 Å². The van der Waals surface area contributed by atoms with Gasteiger partial charge in [-0.15, -0.1) is 0 Å². The van der Waals surface area contributed by atoms with E-state index in [2.05, 4.69) is 40.0 Å². The molecular formula is C24H27FN4O2. The quantitative estimate of drug-likeness (QED) is 0.686. The number of morpholine rings is 1. The second-order valence-electron chi connectivity index (χ2n) is 8.60. The summed E-state index contributed by atoms with van der Waals surface area (Å²) < 4.78 is 23.2. The molecule has 1 saturated carbocycles. The molecular weight excluding hydrogens is 395 g/mol. The zero-order valence-corrected chi connectivity index (χ0v) is 17.9. The Morgan fingerprint density at radius 1 is 1.29 bits per heavy atom. The molecule has 1 saturated heterocycles. The number of hydrogen-bond donors (Lipinski definition) is 1. The van der Waals surface area contributed by atoms with Crippen molar-refractivity contribution in [3.8, 4) is 11.3 Å². The minimum absolute atomic E-state index is 0.0220. The van der Waals surface area contributed by atoms with Gasteiger partial charge in [-0.05, 0) is 61.7 Å². The van der Waals surface area contributed by atoms with E-state index in [9.17, 15) is 4.79 Å². The van der Waals surface area contributed by atoms with E-state index in [1.54, 1.807) is 12.1 Å². The Morgan fingerprint density at radius 3 is 2.84 bits per heavy atom. The number of pyridine rings is 1. The molecule has 1 atom stereocenters. The van der Waals surface area contributed by atoms with Crippen LogP contribution in [-0.4, -0.2) is 60.1 Å². The van der Waals surface area contributed by atoms with Crippen molar-refractivity contribution >= 4 is 11.6 Å². The average molecular weight is 423 g/mol. The maximum Gasteiger partial charge on any atom is 0.251 e. The number of hydrogen-bond acceptors (Lipinski definition) is 4. The highest BCUT2D eigenvalue weighted by Crippen LogP contribution is 2.40. The summed E-state index contributed by atoms with van der Waals surface area (Å²) in [6.45, 7) is 2.43. The molecule has 2 fully saturated rings. The highest BCUT2D eigenvalue weighted by Gasteiger charge is 2.27. The van der Waals surface area contributed by atoms with E-state index in [1.165, 1.54) is 31.5 Å². The molecule has 31 heavy (non-hydrogen) atoms. The lowest BCUT2D eigenvalue weighted by atomic mass is 10.0. The van der Waals surface area contributed by atoms with Gasteiger partial charge in [-0.1, -0.05) is 0 Å². The van der Waals surface area contributed by atoms with Crippen LogP contribution >= 0.6 is 0 Å². The monoisotopic (exact) mass is 422 g/mol. The van der Waals surface area contributed by atoms with Crippen LogP contribution in [0.4, 0.5) is 4.39 Å². The van der Waals surface area contributed by atoms with Gasteiger partial charge in [0, 0.05) is 43.9 Å². The Labute approximate surface area is 181 Å².